The number of hydrogen-bond donors (Lipinski definition) is 2. The van der Waals surface area contributed by atoms with Crippen LogP contribution in [0, 0.1) is 0 Å². The lowest BCUT2D eigenvalue weighted by molar-refractivity contribution is 0.0595. The number of amides is 2. The van der Waals surface area contributed by atoms with Crippen LogP contribution in [-0.4, -0.2) is 47.5 Å². The van der Waals surface area contributed by atoms with E-state index in [0.29, 0.717) is 16.9 Å². The minimum absolute atomic E-state index is 0.133. The summed E-state index contributed by atoms with van der Waals surface area (Å²) in [5.74, 6) is 0.0116. The van der Waals surface area contributed by atoms with E-state index >= 15 is 0 Å². The number of benzene rings is 2. The Morgan fingerprint density at radius 3 is 2.38 bits per heavy atom. The van der Waals surface area contributed by atoms with Crippen molar-refractivity contribution in [2.45, 2.75) is 6.04 Å². The number of nitrogens with two attached hydrogens (primary N) is 2. The third-order valence-electron chi connectivity index (χ3n) is 5.17. The molecule has 0 bridgehead atoms. The Kier molecular flexibility index (Phi) is 3.71. The van der Waals surface area contributed by atoms with Gasteiger partial charge in [-0.25, -0.2) is 0 Å². The van der Waals surface area contributed by atoms with E-state index in [1.54, 1.807) is 13.2 Å². The molecule has 0 spiro atoms. The highest BCUT2D eigenvalue weighted by Gasteiger charge is 2.41. The van der Waals surface area contributed by atoms with Gasteiger partial charge in [-0.05, 0) is 30.3 Å². The van der Waals surface area contributed by atoms with Gasteiger partial charge in [-0.3, -0.25) is 14.5 Å². The SMILES string of the molecule is COc1ccc2c(c1)c1c3c(ccc1n2C)C(=O)N(C(CN)CN)C3=O. The number of methoxy groups -OCH3 is 1. The molecule has 0 radical (unpaired) electrons. The van der Waals surface area contributed by atoms with Crippen LogP contribution in [0.5, 0.6) is 5.75 Å². The lowest BCUT2D eigenvalue weighted by atomic mass is 10.0. The van der Waals surface area contributed by atoms with Crippen molar-refractivity contribution in [2.75, 3.05) is 20.2 Å². The van der Waals surface area contributed by atoms with Crippen LogP contribution in [0.1, 0.15) is 20.7 Å². The maximum absolute atomic E-state index is 13.1. The highest BCUT2D eigenvalue weighted by Crippen LogP contribution is 2.38. The van der Waals surface area contributed by atoms with Crippen LogP contribution in [0.4, 0.5) is 0 Å². The molecule has 3 aromatic rings. The van der Waals surface area contributed by atoms with E-state index in [1.165, 1.54) is 4.90 Å². The number of carbonyl (C=O) groups excluding carboxylic acids is 2. The van der Waals surface area contributed by atoms with Gasteiger partial charge in [0.05, 0.1) is 24.3 Å². The number of nitrogens with zero attached hydrogens (tertiary/aromatic N) is 2. The van der Waals surface area contributed by atoms with Gasteiger partial charge in [-0.15, -0.1) is 0 Å². The average Bonchev–Trinajstić information content (AvgIpc) is 3.09. The summed E-state index contributed by atoms with van der Waals surface area (Å²) in [4.78, 5) is 27.2. The maximum atomic E-state index is 13.1. The number of aryl methyl sites for hydroxylation is 1. The Bertz CT molecular complexity index is 1070. The van der Waals surface area contributed by atoms with Gasteiger partial charge in [0, 0.05) is 41.9 Å². The first-order valence-electron chi connectivity index (χ1n) is 8.40. The Morgan fingerprint density at radius 2 is 1.73 bits per heavy atom. The molecule has 26 heavy (non-hydrogen) atoms. The number of hydrogen-bond acceptors (Lipinski definition) is 5. The van der Waals surface area contributed by atoms with Gasteiger partial charge in [0.2, 0.25) is 0 Å². The Balaban J connectivity index is 2.06. The summed E-state index contributed by atoms with van der Waals surface area (Å²) in [6, 6.07) is 8.78. The number of rotatable bonds is 4. The number of carbonyl (C=O) groups is 2. The van der Waals surface area contributed by atoms with Crippen LogP contribution in [0.2, 0.25) is 0 Å². The van der Waals surface area contributed by atoms with Crippen molar-refractivity contribution in [1.29, 1.82) is 0 Å². The smallest absolute Gasteiger partial charge is 0.262 e. The zero-order valence-electron chi connectivity index (χ0n) is 14.7. The summed E-state index contributed by atoms with van der Waals surface area (Å²) in [5.41, 5.74) is 14.1. The van der Waals surface area contributed by atoms with E-state index in [-0.39, 0.29) is 24.9 Å². The molecule has 1 aromatic heterocycles. The normalized spacial score (nSPS) is 14.1. The molecule has 0 saturated heterocycles. The Morgan fingerprint density at radius 1 is 1.04 bits per heavy atom. The first-order chi connectivity index (χ1) is 12.5. The lowest BCUT2D eigenvalue weighted by Gasteiger charge is -2.23. The van der Waals surface area contributed by atoms with Crippen molar-refractivity contribution in [3.63, 3.8) is 0 Å². The van der Waals surface area contributed by atoms with Gasteiger partial charge in [-0.2, -0.15) is 0 Å². The van der Waals surface area contributed by atoms with Gasteiger partial charge in [0.15, 0.2) is 0 Å². The molecule has 0 unspecified atom stereocenters. The van der Waals surface area contributed by atoms with Crippen LogP contribution < -0.4 is 16.2 Å². The van der Waals surface area contributed by atoms with Crippen molar-refractivity contribution in [2.24, 2.45) is 18.5 Å². The molecular formula is C19H20N4O3. The third-order valence-corrected chi connectivity index (χ3v) is 5.17. The quantitative estimate of drug-likeness (QED) is 0.687. The predicted octanol–water partition coefficient (Wildman–Crippen LogP) is 1.22. The molecule has 7 nitrogen and oxygen atoms in total. The van der Waals surface area contributed by atoms with Crippen molar-refractivity contribution in [3.05, 3.63) is 41.5 Å². The fourth-order valence-electron chi connectivity index (χ4n) is 3.79. The van der Waals surface area contributed by atoms with Gasteiger partial charge >= 0.3 is 0 Å². The zero-order valence-corrected chi connectivity index (χ0v) is 14.7. The first kappa shape index (κ1) is 16.6. The highest BCUT2D eigenvalue weighted by molar-refractivity contribution is 6.30. The minimum atomic E-state index is -0.512. The number of ether oxygens (including phenoxy) is 1. The summed E-state index contributed by atoms with van der Waals surface area (Å²) in [5, 5.41) is 1.63. The molecule has 1 aliphatic rings. The molecule has 134 valence electrons. The van der Waals surface area contributed by atoms with Crippen LogP contribution in [0.25, 0.3) is 21.8 Å². The van der Waals surface area contributed by atoms with Crippen LogP contribution in [-0.2, 0) is 7.05 Å². The summed E-state index contributed by atoms with van der Waals surface area (Å²) >= 11 is 0. The number of aromatic nitrogens is 1. The van der Waals surface area contributed by atoms with Crippen molar-refractivity contribution < 1.29 is 14.3 Å². The molecule has 4 rings (SSSR count). The Hall–Kier alpha value is -2.90. The second-order valence-electron chi connectivity index (χ2n) is 6.43. The second-order valence-corrected chi connectivity index (χ2v) is 6.43. The standard InChI is InChI=1S/C19H20N4O3/c1-22-14-5-3-11(26-2)7-13(14)16-15(22)6-4-12-17(16)19(25)23(18(12)24)10(8-20)9-21/h3-7,10H,8-9,20-21H2,1-2H3. The summed E-state index contributed by atoms with van der Waals surface area (Å²) in [7, 11) is 3.53. The summed E-state index contributed by atoms with van der Waals surface area (Å²) in [6.07, 6.45) is 0. The molecule has 0 atom stereocenters. The molecule has 4 N–H and O–H groups in total. The molecular weight excluding hydrogens is 332 g/mol. The summed E-state index contributed by atoms with van der Waals surface area (Å²) < 4.78 is 7.35. The largest absolute Gasteiger partial charge is 0.497 e. The molecule has 0 fully saturated rings. The first-order valence-corrected chi connectivity index (χ1v) is 8.40. The molecule has 0 saturated carbocycles. The Labute approximate surface area is 150 Å². The van der Waals surface area contributed by atoms with E-state index < -0.39 is 6.04 Å². The average molecular weight is 352 g/mol. The molecule has 2 aromatic carbocycles. The van der Waals surface area contributed by atoms with Crippen molar-refractivity contribution in [3.8, 4) is 5.75 Å². The van der Waals surface area contributed by atoms with E-state index in [4.69, 9.17) is 16.2 Å². The van der Waals surface area contributed by atoms with Crippen molar-refractivity contribution >= 4 is 33.6 Å². The summed E-state index contributed by atoms with van der Waals surface area (Å²) in [6.45, 7) is 0.267. The molecule has 0 aliphatic carbocycles. The van der Waals surface area contributed by atoms with Gasteiger partial charge in [0.25, 0.3) is 11.8 Å². The zero-order chi connectivity index (χ0) is 18.6. The van der Waals surface area contributed by atoms with Gasteiger partial charge in [0.1, 0.15) is 5.75 Å². The fraction of sp³-hybridized carbons (Fsp3) is 0.263. The number of fused-ring (bicyclic) bond motifs is 5. The van der Waals surface area contributed by atoms with Gasteiger partial charge < -0.3 is 20.8 Å². The number of imide groups is 1. The van der Waals surface area contributed by atoms with Crippen LogP contribution in [0.15, 0.2) is 30.3 Å². The lowest BCUT2D eigenvalue weighted by Crippen LogP contribution is -2.48. The fourth-order valence-corrected chi connectivity index (χ4v) is 3.79. The third kappa shape index (κ3) is 2.01. The predicted molar refractivity (Wildman–Crippen MR) is 99.4 cm³/mol. The molecule has 2 amide bonds. The van der Waals surface area contributed by atoms with Gasteiger partial charge in [-0.1, -0.05) is 0 Å². The van der Waals surface area contributed by atoms with E-state index in [9.17, 15) is 9.59 Å². The van der Waals surface area contributed by atoms with E-state index in [2.05, 4.69) is 0 Å². The molecule has 1 aliphatic heterocycles. The second kappa shape index (κ2) is 5.82. The van der Waals surface area contributed by atoms with Crippen molar-refractivity contribution in [1.82, 2.24) is 9.47 Å². The molecule has 7 heteroatoms. The van der Waals surface area contributed by atoms with E-state index in [0.717, 1.165) is 21.8 Å². The minimum Gasteiger partial charge on any atom is -0.497 e. The topological polar surface area (TPSA) is 104 Å². The van der Waals surface area contributed by atoms with E-state index in [1.807, 2.05) is 35.9 Å². The monoisotopic (exact) mass is 352 g/mol. The highest BCUT2D eigenvalue weighted by atomic mass is 16.5. The maximum Gasteiger partial charge on any atom is 0.262 e. The van der Waals surface area contributed by atoms with Crippen LogP contribution in [0.3, 0.4) is 0 Å². The van der Waals surface area contributed by atoms with Crippen LogP contribution >= 0.6 is 0 Å². The molecule has 2 heterocycles.